The number of nitrogens with zero attached hydrogens (tertiary/aromatic N) is 3. The molecule has 5 heteroatoms. The highest BCUT2D eigenvalue weighted by Gasteiger charge is 2.49. The maximum absolute atomic E-state index is 6.86. The summed E-state index contributed by atoms with van der Waals surface area (Å²) in [5, 5.41) is 0. The number of hydrogen-bond acceptors (Lipinski definition) is 4. The second-order valence-corrected chi connectivity index (χ2v) is 5.50. The van der Waals surface area contributed by atoms with Gasteiger partial charge in [0.25, 0.3) is 0 Å². The average Bonchev–Trinajstić information content (AvgIpc) is 2.40. The van der Waals surface area contributed by atoms with E-state index in [9.17, 15) is 0 Å². The topological polar surface area (TPSA) is 38.3 Å². The largest absolute Gasteiger partial charge is 0.480 e. The predicted molar refractivity (Wildman–Crippen MR) is 65.3 cm³/mol. The summed E-state index contributed by atoms with van der Waals surface area (Å²) in [6.07, 6.45) is 5.62. The lowest BCUT2D eigenvalue weighted by atomic mass is 9.76. The molecule has 1 atom stereocenters. The van der Waals surface area contributed by atoms with Crippen LogP contribution in [0, 0.1) is 5.92 Å². The van der Waals surface area contributed by atoms with E-state index in [0.717, 1.165) is 38.2 Å². The first-order chi connectivity index (χ1) is 8.24. The minimum Gasteiger partial charge on any atom is -0.480 e. The molecule has 2 bridgehead atoms. The van der Waals surface area contributed by atoms with E-state index in [-0.39, 0.29) is 0 Å². The van der Waals surface area contributed by atoms with Gasteiger partial charge in [0, 0.05) is 18.9 Å². The summed E-state index contributed by atoms with van der Waals surface area (Å²) in [5.41, 5.74) is 0.804. The normalized spacial score (nSPS) is 35.9. The minimum absolute atomic E-state index is 0.421. The number of fused-ring (bicyclic) bond motifs is 3. The van der Waals surface area contributed by atoms with Crippen LogP contribution in [0.25, 0.3) is 0 Å². The second kappa shape index (κ2) is 4.10. The Kier molecular flexibility index (Phi) is 2.71. The number of methoxy groups -OCH3 is 1. The summed E-state index contributed by atoms with van der Waals surface area (Å²) in [5.74, 6) is 1.05. The summed E-state index contributed by atoms with van der Waals surface area (Å²) in [6, 6.07) is 0. The Hall–Kier alpha value is -0.870. The summed E-state index contributed by atoms with van der Waals surface area (Å²) >= 11 is 6.86. The van der Waals surface area contributed by atoms with E-state index in [1.807, 2.05) is 0 Å². The van der Waals surface area contributed by atoms with Crippen molar-refractivity contribution in [3.63, 3.8) is 0 Å². The third kappa shape index (κ3) is 1.70. The molecular formula is C12H16ClN3O. The first-order valence-electron chi connectivity index (χ1n) is 6.01. The minimum atomic E-state index is -0.421. The van der Waals surface area contributed by atoms with E-state index in [4.69, 9.17) is 16.3 Å². The molecule has 4 heterocycles. The summed E-state index contributed by atoms with van der Waals surface area (Å²) in [7, 11) is 1.62. The molecule has 0 amide bonds. The fourth-order valence-corrected chi connectivity index (χ4v) is 3.55. The quantitative estimate of drug-likeness (QED) is 0.752. The van der Waals surface area contributed by atoms with Gasteiger partial charge in [-0.05, 0) is 31.8 Å². The number of aromatic nitrogens is 2. The number of rotatable bonds is 2. The molecule has 3 aliphatic rings. The van der Waals surface area contributed by atoms with E-state index in [0.29, 0.717) is 11.8 Å². The average molecular weight is 254 g/mol. The van der Waals surface area contributed by atoms with Crippen molar-refractivity contribution < 1.29 is 4.74 Å². The van der Waals surface area contributed by atoms with E-state index < -0.39 is 4.87 Å². The van der Waals surface area contributed by atoms with Crippen LogP contribution >= 0.6 is 11.6 Å². The number of alkyl halides is 1. The molecular weight excluding hydrogens is 238 g/mol. The molecule has 4 rings (SSSR count). The van der Waals surface area contributed by atoms with Gasteiger partial charge in [-0.3, -0.25) is 4.98 Å². The van der Waals surface area contributed by atoms with Gasteiger partial charge in [-0.25, -0.2) is 4.98 Å². The third-order valence-electron chi connectivity index (χ3n) is 3.94. The Morgan fingerprint density at radius 3 is 2.65 bits per heavy atom. The molecule has 3 fully saturated rings. The Morgan fingerprint density at radius 2 is 2.06 bits per heavy atom. The van der Waals surface area contributed by atoms with Gasteiger partial charge in [0.05, 0.1) is 7.11 Å². The Morgan fingerprint density at radius 1 is 1.35 bits per heavy atom. The van der Waals surface area contributed by atoms with Crippen molar-refractivity contribution >= 4 is 11.6 Å². The molecule has 1 unspecified atom stereocenters. The van der Waals surface area contributed by atoms with Crippen LogP contribution in [-0.2, 0) is 4.87 Å². The molecule has 0 aliphatic carbocycles. The monoisotopic (exact) mass is 253 g/mol. The SMILES string of the molecule is COc1nccnc1C1(Cl)CN2CCC1CC2. The smallest absolute Gasteiger partial charge is 0.237 e. The zero-order chi connectivity index (χ0) is 11.9. The molecule has 1 aromatic heterocycles. The summed E-state index contributed by atoms with van der Waals surface area (Å²) in [6.45, 7) is 3.16. The zero-order valence-electron chi connectivity index (χ0n) is 9.90. The highest BCUT2D eigenvalue weighted by atomic mass is 35.5. The standard InChI is InChI=1S/C12H16ClN3O/c1-17-11-10(14-4-5-15-11)12(13)8-16-6-2-9(12)3-7-16/h4-5,9H,2-3,6-8H2,1H3. The first kappa shape index (κ1) is 11.2. The molecule has 17 heavy (non-hydrogen) atoms. The lowest BCUT2D eigenvalue weighted by Crippen LogP contribution is -2.54. The molecule has 0 N–H and O–H groups in total. The molecule has 3 aliphatic heterocycles. The predicted octanol–water partition coefficient (Wildman–Crippen LogP) is 1.64. The van der Waals surface area contributed by atoms with Gasteiger partial charge in [0.15, 0.2) is 0 Å². The summed E-state index contributed by atoms with van der Waals surface area (Å²) in [4.78, 5) is 10.6. The lowest BCUT2D eigenvalue weighted by Gasteiger charge is -2.49. The molecule has 92 valence electrons. The molecule has 0 radical (unpaired) electrons. The van der Waals surface area contributed by atoms with Crippen molar-refractivity contribution in [1.29, 1.82) is 0 Å². The fourth-order valence-electron chi connectivity index (χ4n) is 3.03. The number of piperidine rings is 3. The van der Waals surface area contributed by atoms with E-state index in [1.165, 1.54) is 0 Å². The first-order valence-corrected chi connectivity index (χ1v) is 6.38. The van der Waals surface area contributed by atoms with Gasteiger partial charge in [-0.15, -0.1) is 11.6 Å². The molecule has 1 aromatic rings. The Balaban J connectivity index is 2.02. The molecule has 3 saturated heterocycles. The van der Waals surface area contributed by atoms with Crippen LogP contribution in [0.15, 0.2) is 12.4 Å². The second-order valence-electron chi connectivity index (χ2n) is 4.83. The van der Waals surface area contributed by atoms with Crippen molar-refractivity contribution in [2.24, 2.45) is 5.92 Å². The van der Waals surface area contributed by atoms with Gasteiger partial charge in [-0.2, -0.15) is 0 Å². The molecule has 0 saturated carbocycles. The Bertz CT molecular complexity index is 420. The maximum Gasteiger partial charge on any atom is 0.237 e. The van der Waals surface area contributed by atoms with Crippen LogP contribution in [-0.4, -0.2) is 41.6 Å². The van der Waals surface area contributed by atoms with Gasteiger partial charge < -0.3 is 9.64 Å². The van der Waals surface area contributed by atoms with Crippen molar-refractivity contribution in [2.75, 3.05) is 26.7 Å². The van der Waals surface area contributed by atoms with Crippen LogP contribution in [0.2, 0.25) is 0 Å². The lowest BCUT2D eigenvalue weighted by molar-refractivity contribution is 0.0630. The molecule has 0 aromatic carbocycles. The Labute approximate surface area is 106 Å². The van der Waals surface area contributed by atoms with Gasteiger partial charge >= 0.3 is 0 Å². The van der Waals surface area contributed by atoms with Gasteiger partial charge in [-0.1, -0.05) is 0 Å². The highest BCUT2D eigenvalue weighted by Crippen LogP contribution is 2.48. The van der Waals surface area contributed by atoms with E-state index in [1.54, 1.807) is 19.5 Å². The fraction of sp³-hybridized carbons (Fsp3) is 0.667. The number of ether oxygens (including phenoxy) is 1. The zero-order valence-corrected chi connectivity index (χ0v) is 10.7. The number of halogens is 1. The van der Waals surface area contributed by atoms with Crippen molar-refractivity contribution in [1.82, 2.24) is 14.9 Å². The van der Waals surface area contributed by atoms with Crippen molar-refractivity contribution in [3.05, 3.63) is 18.1 Å². The maximum atomic E-state index is 6.86. The van der Waals surface area contributed by atoms with Crippen LogP contribution in [0.3, 0.4) is 0 Å². The van der Waals surface area contributed by atoms with E-state index >= 15 is 0 Å². The van der Waals surface area contributed by atoms with Crippen LogP contribution in [0.1, 0.15) is 18.5 Å². The summed E-state index contributed by atoms with van der Waals surface area (Å²) < 4.78 is 5.29. The third-order valence-corrected chi connectivity index (χ3v) is 4.55. The molecule has 4 nitrogen and oxygen atoms in total. The molecule has 0 spiro atoms. The highest BCUT2D eigenvalue weighted by molar-refractivity contribution is 6.24. The van der Waals surface area contributed by atoms with Gasteiger partial charge in [0.1, 0.15) is 10.6 Å². The van der Waals surface area contributed by atoms with Crippen LogP contribution < -0.4 is 4.74 Å². The number of hydrogen-bond donors (Lipinski definition) is 0. The van der Waals surface area contributed by atoms with Gasteiger partial charge in [0.2, 0.25) is 5.88 Å². The van der Waals surface area contributed by atoms with Crippen LogP contribution in [0.4, 0.5) is 0 Å². The van der Waals surface area contributed by atoms with Crippen LogP contribution in [0.5, 0.6) is 5.88 Å². The van der Waals surface area contributed by atoms with Crippen molar-refractivity contribution in [2.45, 2.75) is 17.7 Å². The van der Waals surface area contributed by atoms with E-state index in [2.05, 4.69) is 14.9 Å². The van der Waals surface area contributed by atoms with Crippen molar-refractivity contribution in [3.8, 4) is 5.88 Å².